The Morgan fingerprint density at radius 2 is 1.79 bits per heavy atom. The molecule has 1 amide bonds. The first-order valence-corrected chi connectivity index (χ1v) is 12.3. The lowest BCUT2D eigenvalue weighted by molar-refractivity contribution is -0.120. The fourth-order valence-electron chi connectivity index (χ4n) is 3.28. The second kappa shape index (κ2) is 9.31. The average molecular weight is 439 g/mol. The molecular formula is C20H23ClN2O3S2. The minimum Gasteiger partial charge on any atom is -0.325 e. The summed E-state index contributed by atoms with van der Waals surface area (Å²) >= 11 is 7.67. The molecule has 1 N–H and O–H groups in total. The maximum atomic E-state index is 12.7. The van der Waals surface area contributed by atoms with E-state index < -0.39 is 10.0 Å². The second-order valence-electron chi connectivity index (χ2n) is 6.71. The Morgan fingerprint density at radius 3 is 2.46 bits per heavy atom. The van der Waals surface area contributed by atoms with Crippen LogP contribution in [0.1, 0.15) is 18.4 Å². The van der Waals surface area contributed by atoms with Gasteiger partial charge in [0.2, 0.25) is 15.9 Å². The van der Waals surface area contributed by atoms with Gasteiger partial charge in [0.25, 0.3) is 0 Å². The maximum absolute atomic E-state index is 12.7. The first-order valence-electron chi connectivity index (χ1n) is 9.06. The van der Waals surface area contributed by atoms with Crippen molar-refractivity contribution >= 4 is 45.0 Å². The summed E-state index contributed by atoms with van der Waals surface area (Å²) in [6.45, 7) is 0.685. The quantitative estimate of drug-likeness (QED) is 0.685. The molecule has 2 aromatic rings. The summed E-state index contributed by atoms with van der Waals surface area (Å²) in [4.78, 5) is 13.6. The predicted octanol–water partition coefficient (Wildman–Crippen LogP) is 4.24. The van der Waals surface area contributed by atoms with Crippen LogP contribution in [0.5, 0.6) is 0 Å². The molecule has 0 spiro atoms. The van der Waals surface area contributed by atoms with Crippen LogP contribution in [0, 0.1) is 5.92 Å². The maximum Gasteiger partial charge on any atom is 0.227 e. The Bertz CT molecular complexity index is 942. The van der Waals surface area contributed by atoms with Crippen molar-refractivity contribution in [2.24, 2.45) is 5.92 Å². The van der Waals surface area contributed by atoms with Gasteiger partial charge in [-0.3, -0.25) is 4.79 Å². The standard InChI is InChI=1S/C20H23ClN2O3S2/c1-27-19-9-5-4-8-18(19)22-20(24)15-10-12-23(13-11-15)28(25,26)14-16-6-2-3-7-17(16)21/h2-9,15H,10-14H2,1H3,(H,22,24). The van der Waals surface area contributed by atoms with Crippen LogP contribution in [-0.2, 0) is 20.6 Å². The number of thioether (sulfide) groups is 1. The molecule has 1 aliphatic rings. The molecule has 3 rings (SSSR count). The van der Waals surface area contributed by atoms with Crippen molar-refractivity contribution in [3.05, 3.63) is 59.1 Å². The van der Waals surface area contributed by atoms with Gasteiger partial charge >= 0.3 is 0 Å². The lowest BCUT2D eigenvalue weighted by atomic mass is 9.97. The molecule has 5 nitrogen and oxygen atoms in total. The number of hydrogen-bond donors (Lipinski definition) is 1. The third kappa shape index (κ3) is 5.08. The number of para-hydroxylation sites is 1. The summed E-state index contributed by atoms with van der Waals surface area (Å²) in [5.74, 6) is -0.365. The largest absolute Gasteiger partial charge is 0.325 e. The fourth-order valence-corrected chi connectivity index (χ4v) is 5.71. The van der Waals surface area contributed by atoms with Crippen LogP contribution < -0.4 is 5.32 Å². The van der Waals surface area contributed by atoms with E-state index >= 15 is 0 Å². The number of hydrogen-bond acceptors (Lipinski definition) is 4. The highest BCUT2D eigenvalue weighted by molar-refractivity contribution is 7.98. The zero-order valence-electron chi connectivity index (χ0n) is 15.6. The van der Waals surface area contributed by atoms with Crippen LogP contribution in [0.3, 0.4) is 0 Å². The van der Waals surface area contributed by atoms with Crippen LogP contribution in [0.4, 0.5) is 5.69 Å². The zero-order chi connectivity index (χ0) is 20.1. The van der Waals surface area contributed by atoms with Gasteiger partial charge < -0.3 is 5.32 Å². The fraction of sp³-hybridized carbons (Fsp3) is 0.350. The average Bonchev–Trinajstić information content (AvgIpc) is 2.70. The third-order valence-electron chi connectivity index (χ3n) is 4.88. The van der Waals surface area contributed by atoms with Crippen molar-refractivity contribution < 1.29 is 13.2 Å². The van der Waals surface area contributed by atoms with E-state index in [0.29, 0.717) is 36.5 Å². The number of nitrogens with zero attached hydrogens (tertiary/aromatic N) is 1. The molecular weight excluding hydrogens is 416 g/mol. The van der Waals surface area contributed by atoms with Crippen molar-refractivity contribution in [2.45, 2.75) is 23.5 Å². The Kier molecular flexibility index (Phi) is 7.04. The minimum absolute atomic E-state index is 0.0512. The lowest BCUT2D eigenvalue weighted by Crippen LogP contribution is -2.41. The Labute approximate surface area is 175 Å². The molecule has 1 fully saturated rings. The second-order valence-corrected chi connectivity index (χ2v) is 9.93. The normalized spacial score (nSPS) is 16.1. The van der Waals surface area contributed by atoms with E-state index in [1.807, 2.05) is 30.5 Å². The molecule has 1 heterocycles. The number of halogens is 1. The summed E-state index contributed by atoms with van der Waals surface area (Å²) in [6.07, 6.45) is 2.98. The van der Waals surface area contributed by atoms with E-state index in [1.165, 1.54) is 4.31 Å². The Hall–Kier alpha value is -1.54. The number of carbonyl (C=O) groups excluding carboxylic acids is 1. The summed E-state index contributed by atoms with van der Waals surface area (Å²) in [5.41, 5.74) is 1.39. The van der Waals surface area contributed by atoms with E-state index in [0.717, 1.165) is 10.6 Å². The minimum atomic E-state index is -3.46. The highest BCUT2D eigenvalue weighted by Crippen LogP contribution is 2.28. The smallest absolute Gasteiger partial charge is 0.227 e. The summed E-state index contributed by atoms with van der Waals surface area (Å²) in [5, 5.41) is 3.44. The Morgan fingerprint density at radius 1 is 1.14 bits per heavy atom. The molecule has 28 heavy (non-hydrogen) atoms. The number of nitrogens with one attached hydrogen (secondary N) is 1. The van der Waals surface area contributed by atoms with Crippen LogP contribution in [0.25, 0.3) is 0 Å². The SMILES string of the molecule is CSc1ccccc1NC(=O)C1CCN(S(=O)(=O)Cc2ccccc2Cl)CC1. The van der Waals surface area contributed by atoms with Gasteiger partial charge in [0.1, 0.15) is 0 Å². The summed E-state index contributed by atoms with van der Waals surface area (Å²) in [7, 11) is -3.46. The molecule has 1 aliphatic heterocycles. The van der Waals surface area contributed by atoms with E-state index in [-0.39, 0.29) is 17.6 Å². The molecule has 150 valence electrons. The number of rotatable bonds is 6. The van der Waals surface area contributed by atoms with E-state index in [1.54, 1.807) is 36.0 Å². The van der Waals surface area contributed by atoms with Crippen molar-refractivity contribution in [3.8, 4) is 0 Å². The highest BCUT2D eigenvalue weighted by Gasteiger charge is 2.31. The predicted molar refractivity (Wildman–Crippen MR) is 115 cm³/mol. The van der Waals surface area contributed by atoms with E-state index in [4.69, 9.17) is 11.6 Å². The molecule has 0 aromatic heterocycles. The topological polar surface area (TPSA) is 66.5 Å². The number of amides is 1. The number of anilines is 1. The molecule has 8 heteroatoms. The monoisotopic (exact) mass is 438 g/mol. The molecule has 0 aliphatic carbocycles. The van der Waals surface area contributed by atoms with Gasteiger partial charge in [0, 0.05) is 28.9 Å². The summed E-state index contributed by atoms with van der Waals surface area (Å²) in [6, 6.07) is 14.6. The van der Waals surface area contributed by atoms with Gasteiger partial charge in [-0.1, -0.05) is 41.9 Å². The Balaban J connectivity index is 1.59. The number of carbonyl (C=O) groups is 1. The van der Waals surface area contributed by atoms with Crippen LogP contribution in [0.15, 0.2) is 53.4 Å². The lowest BCUT2D eigenvalue weighted by Gasteiger charge is -2.30. The molecule has 2 aromatic carbocycles. The van der Waals surface area contributed by atoms with Crippen molar-refractivity contribution in [1.29, 1.82) is 0 Å². The first kappa shape index (κ1) is 21.2. The molecule has 0 saturated carbocycles. The van der Waals surface area contributed by atoms with Crippen LogP contribution in [0.2, 0.25) is 5.02 Å². The molecule has 0 atom stereocenters. The molecule has 0 unspecified atom stereocenters. The van der Waals surface area contributed by atoms with E-state index in [2.05, 4.69) is 5.32 Å². The molecule has 1 saturated heterocycles. The van der Waals surface area contributed by atoms with Gasteiger partial charge in [-0.05, 0) is 42.9 Å². The van der Waals surface area contributed by atoms with Crippen LogP contribution >= 0.6 is 23.4 Å². The number of sulfonamides is 1. The first-order chi connectivity index (χ1) is 13.4. The molecule has 0 bridgehead atoms. The van der Waals surface area contributed by atoms with Gasteiger partial charge in [0.15, 0.2) is 0 Å². The van der Waals surface area contributed by atoms with E-state index in [9.17, 15) is 13.2 Å². The number of piperidine rings is 1. The third-order valence-corrected chi connectivity index (χ3v) is 7.87. The van der Waals surface area contributed by atoms with Crippen molar-refractivity contribution in [1.82, 2.24) is 4.31 Å². The van der Waals surface area contributed by atoms with Gasteiger partial charge in [0.05, 0.1) is 11.4 Å². The van der Waals surface area contributed by atoms with Crippen molar-refractivity contribution in [3.63, 3.8) is 0 Å². The van der Waals surface area contributed by atoms with Gasteiger partial charge in [-0.15, -0.1) is 11.8 Å². The van der Waals surface area contributed by atoms with Gasteiger partial charge in [-0.2, -0.15) is 0 Å². The number of benzene rings is 2. The summed E-state index contributed by atoms with van der Waals surface area (Å²) < 4.78 is 26.9. The zero-order valence-corrected chi connectivity index (χ0v) is 18.0. The van der Waals surface area contributed by atoms with Crippen molar-refractivity contribution in [2.75, 3.05) is 24.7 Å². The van der Waals surface area contributed by atoms with Crippen LogP contribution in [-0.4, -0.2) is 38.0 Å². The highest BCUT2D eigenvalue weighted by atomic mass is 35.5. The van der Waals surface area contributed by atoms with Gasteiger partial charge in [-0.25, -0.2) is 12.7 Å². The molecule has 0 radical (unpaired) electrons.